The summed E-state index contributed by atoms with van der Waals surface area (Å²) in [5.74, 6) is 0. The summed E-state index contributed by atoms with van der Waals surface area (Å²) in [6, 6.07) is 6.63. The Labute approximate surface area is 100 Å². The van der Waals surface area contributed by atoms with E-state index in [0.29, 0.717) is 6.04 Å². The predicted octanol–water partition coefficient (Wildman–Crippen LogP) is 2.51. The molecule has 1 aliphatic carbocycles. The molecule has 2 aromatic rings. The lowest BCUT2D eigenvalue weighted by Crippen LogP contribution is -2.42. The van der Waals surface area contributed by atoms with Crippen LogP contribution >= 0.6 is 0 Å². The van der Waals surface area contributed by atoms with E-state index in [-0.39, 0.29) is 6.04 Å². The van der Waals surface area contributed by atoms with E-state index in [9.17, 15) is 0 Å². The van der Waals surface area contributed by atoms with Gasteiger partial charge in [0.25, 0.3) is 0 Å². The molecule has 2 atom stereocenters. The average molecular weight is 231 g/mol. The van der Waals surface area contributed by atoms with Crippen molar-refractivity contribution in [2.24, 2.45) is 5.73 Å². The SMILES string of the molecule is NC1CCCCC1Nc1ccc2ncoc2c1. The summed E-state index contributed by atoms with van der Waals surface area (Å²) in [6.45, 7) is 0. The van der Waals surface area contributed by atoms with Crippen molar-refractivity contribution in [2.45, 2.75) is 37.8 Å². The van der Waals surface area contributed by atoms with Gasteiger partial charge < -0.3 is 15.5 Å². The number of hydrogen-bond donors (Lipinski definition) is 2. The first-order valence-electron chi connectivity index (χ1n) is 6.18. The average Bonchev–Trinajstić information content (AvgIpc) is 2.79. The maximum Gasteiger partial charge on any atom is 0.181 e. The summed E-state index contributed by atoms with van der Waals surface area (Å²) in [4.78, 5) is 4.10. The first-order valence-corrected chi connectivity index (χ1v) is 6.18. The number of nitrogens with one attached hydrogen (secondary N) is 1. The Bertz CT molecular complexity index is 508. The molecule has 3 N–H and O–H groups in total. The minimum Gasteiger partial charge on any atom is -0.443 e. The van der Waals surface area contributed by atoms with Crippen molar-refractivity contribution >= 4 is 16.8 Å². The summed E-state index contributed by atoms with van der Waals surface area (Å²) >= 11 is 0. The number of benzene rings is 1. The molecule has 0 spiro atoms. The van der Waals surface area contributed by atoms with Gasteiger partial charge in [-0.1, -0.05) is 12.8 Å². The molecule has 17 heavy (non-hydrogen) atoms. The number of oxazole rings is 1. The van der Waals surface area contributed by atoms with E-state index >= 15 is 0 Å². The van der Waals surface area contributed by atoms with Crippen LogP contribution in [0.25, 0.3) is 11.1 Å². The van der Waals surface area contributed by atoms with Crippen molar-refractivity contribution < 1.29 is 4.42 Å². The third-order valence-corrected chi connectivity index (χ3v) is 3.50. The maximum atomic E-state index is 6.12. The van der Waals surface area contributed by atoms with Crippen LogP contribution in [0, 0.1) is 0 Å². The van der Waals surface area contributed by atoms with Crippen LogP contribution in [0.1, 0.15) is 25.7 Å². The Morgan fingerprint density at radius 1 is 1.29 bits per heavy atom. The van der Waals surface area contributed by atoms with Gasteiger partial charge in [0.05, 0.1) is 0 Å². The van der Waals surface area contributed by atoms with Crippen LogP contribution in [0.2, 0.25) is 0 Å². The van der Waals surface area contributed by atoms with E-state index in [1.54, 1.807) is 0 Å². The van der Waals surface area contributed by atoms with Crippen molar-refractivity contribution in [3.05, 3.63) is 24.6 Å². The van der Waals surface area contributed by atoms with Crippen LogP contribution in [0.3, 0.4) is 0 Å². The predicted molar refractivity (Wildman–Crippen MR) is 67.9 cm³/mol. The van der Waals surface area contributed by atoms with Gasteiger partial charge in [0.2, 0.25) is 0 Å². The van der Waals surface area contributed by atoms with Gasteiger partial charge in [0.15, 0.2) is 12.0 Å². The molecule has 1 aromatic heterocycles. The Balaban J connectivity index is 1.79. The van der Waals surface area contributed by atoms with Crippen molar-refractivity contribution in [3.63, 3.8) is 0 Å². The molecule has 4 heteroatoms. The Hall–Kier alpha value is -1.55. The minimum absolute atomic E-state index is 0.258. The number of aromatic nitrogens is 1. The molecule has 0 radical (unpaired) electrons. The van der Waals surface area contributed by atoms with Crippen LogP contribution in [0.4, 0.5) is 5.69 Å². The molecule has 90 valence electrons. The molecule has 1 aliphatic rings. The third kappa shape index (κ3) is 2.13. The molecule has 1 heterocycles. The highest BCUT2D eigenvalue weighted by atomic mass is 16.3. The number of anilines is 1. The van der Waals surface area contributed by atoms with Crippen molar-refractivity contribution in [1.29, 1.82) is 0 Å². The number of fused-ring (bicyclic) bond motifs is 1. The minimum atomic E-state index is 0.258. The molecular weight excluding hydrogens is 214 g/mol. The van der Waals surface area contributed by atoms with Gasteiger partial charge in [0, 0.05) is 23.8 Å². The molecule has 0 amide bonds. The van der Waals surface area contributed by atoms with Crippen LogP contribution in [0.15, 0.2) is 29.0 Å². The Morgan fingerprint density at radius 2 is 2.18 bits per heavy atom. The standard InChI is InChI=1S/C13H17N3O/c14-10-3-1-2-4-11(10)16-9-5-6-12-13(7-9)17-8-15-12/h5-8,10-11,16H,1-4,14H2. The number of nitrogens with two attached hydrogens (primary N) is 1. The van der Waals surface area contributed by atoms with E-state index in [0.717, 1.165) is 29.6 Å². The lowest BCUT2D eigenvalue weighted by Gasteiger charge is -2.30. The van der Waals surface area contributed by atoms with Gasteiger partial charge in [-0.25, -0.2) is 4.98 Å². The van der Waals surface area contributed by atoms with Crippen LogP contribution in [-0.2, 0) is 0 Å². The largest absolute Gasteiger partial charge is 0.443 e. The zero-order chi connectivity index (χ0) is 11.7. The molecule has 0 bridgehead atoms. The van der Waals surface area contributed by atoms with E-state index < -0.39 is 0 Å². The molecular formula is C13H17N3O. The Morgan fingerprint density at radius 3 is 3.06 bits per heavy atom. The molecule has 1 saturated carbocycles. The summed E-state index contributed by atoms with van der Waals surface area (Å²) < 4.78 is 5.29. The highest BCUT2D eigenvalue weighted by Crippen LogP contribution is 2.23. The number of rotatable bonds is 2. The van der Waals surface area contributed by atoms with Gasteiger partial charge in [-0.05, 0) is 25.0 Å². The highest BCUT2D eigenvalue weighted by Gasteiger charge is 2.21. The van der Waals surface area contributed by atoms with E-state index in [4.69, 9.17) is 10.2 Å². The van der Waals surface area contributed by atoms with E-state index in [1.165, 1.54) is 19.2 Å². The fraction of sp³-hybridized carbons (Fsp3) is 0.462. The smallest absolute Gasteiger partial charge is 0.181 e. The topological polar surface area (TPSA) is 64.1 Å². The second-order valence-corrected chi connectivity index (χ2v) is 4.73. The Kier molecular flexibility index (Phi) is 2.73. The highest BCUT2D eigenvalue weighted by molar-refractivity contribution is 5.76. The first-order chi connectivity index (χ1) is 8.33. The molecule has 1 fully saturated rings. The molecule has 4 nitrogen and oxygen atoms in total. The molecule has 3 rings (SSSR count). The molecule has 0 saturated heterocycles. The molecule has 0 aliphatic heterocycles. The van der Waals surface area contributed by atoms with Crippen LogP contribution < -0.4 is 11.1 Å². The zero-order valence-electron chi connectivity index (χ0n) is 9.73. The third-order valence-electron chi connectivity index (χ3n) is 3.50. The first kappa shape index (κ1) is 10.6. The number of hydrogen-bond acceptors (Lipinski definition) is 4. The number of nitrogens with zero attached hydrogens (tertiary/aromatic N) is 1. The zero-order valence-corrected chi connectivity index (χ0v) is 9.73. The summed E-state index contributed by atoms with van der Waals surface area (Å²) in [5, 5.41) is 3.50. The lowest BCUT2D eigenvalue weighted by molar-refractivity contribution is 0.404. The van der Waals surface area contributed by atoms with Crippen LogP contribution in [0.5, 0.6) is 0 Å². The van der Waals surface area contributed by atoms with Gasteiger partial charge in [-0.15, -0.1) is 0 Å². The van der Waals surface area contributed by atoms with E-state index in [1.807, 2.05) is 18.2 Å². The second-order valence-electron chi connectivity index (χ2n) is 4.73. The summed E-state index contributed by atoms with van der Waals surface area (Å²) in [5.41, 5.74) is 8.90. The fourth-order valence-electron chi connectivity index (χ4n) is 2.50. The van der Waals surface area contributed by atoms with Gasteiger partial charge in [0.1, 0.15) is 5.52 Å². The quantitative estimate of drug-likeness (QED) is 0.833. The normalized spacial score (nSPS) is 25.0. The van der Waals surface area contributed by atoms with Gasteiger partial charge in [-0.2, -0.15) is 0 Å². The maximum absolute atomic E-state index is 6.12. The van der Waals surface area contributed by atoms with Gasteiger partial charge >= 0.3 is 0 Å². The fourth-order valence-corrected chi connectivity index (χ4v) is 2.50. The molecule has 2 unspecified atom stereocenters. The van der Waals surface area contributed by atoms with Crippen molar-refractivity contribution in [3.8, 4) is 0 Å². The molecule has 1 aromatic carbocycles. The van der Waals surface area contributed by atoms with E-state index in [2.05, 4.69) is 10.3 Å². The summed E-state index contributed by atoms with van der Waals surface area (Å²) in [7, 11) is 0. The summed E-state index contributed by atoms with van der Waals surface area (Å²) in [6.07, 6.45) is 6.25. The van der Waals surface area contributed by atoms with Crippen molar-refractivity contribution in [2.75, 3.05) is 5.32 Å². The second kappa shape index (κ2) is 4.37. The van der Waals surface area contributed by atoms with Gasteiger partial charge in [-0.3, -0.25) is 0 Å². The monoisotopic (exact) mass is 231 g/mol. The van der Waals surface area contributed by atoms with Crippen molar-refractivity contribution in [1.82, 2.24) is 4.98 Å². The lowest BCUT2D eigenvalue weighted by atomic mass is 9.91. The van der Waals surface area contributed by atoms with Crippen LogP contribution in [-0.4, -0.2) is 17.1 Å².